The van der Waals surface area contributed by atoms with Crippen LogP contribution in [0.15, 0.2) is 34.8 Å². The van der Waals surface area contributed by atoms with Gasteiger partial charge in [-0.25, -0.2) is 0 Å². The predicted molar refractivity (Wildman–Crippen MR) is 86.8 cm³/mol. The summed E-state index contributed by atoms with van der Waals surface area (Å²) in [7, 11) is 2.01. The van der Waals surface area contributed by atoms with E-state index in [-0.39, 0.29) is 0 Å². The van der Waals surface area contributed by atoms with Gasteiger partial charge < -0.3 is 5.32 Å². The van der Waals surface area contributed by atoms with Crippen molar-refractivity contribution in [1.29, 1.82) is 0 Å². The van der Waals surface area contributed by atoms with Crippen molar-refractivity contribution in [2.45, 2.75) is 32.7 Å². The predicted octanol–water partition coefficient (Wildman–Crippen LogP) is 3.77. The van der Waals surface area contributed by atoms with Gasteiger partial charge in [0.05, 0.1) is 5.69 Å². The molecule has 2 aromatic rings. The van der Waals surface area contributed by atoms with Gasteiger partial charge in [0.15, 0.2) is 0 Å². The molecule has 1 heterocycles. The summed E-state index contributed by atoms with van der Waals surface area (Å²) < 4.78 is 3.10. The molecule has 20 heavy (non-hydrogen) atoms. The lowest BCUT2D eigenvalue weighted by Crippen LogP contribution is -2.24. The van der Waals surface area contributed by atoms with E-state index >= 15 is 0 Å². The Hall–Kier alpha value is -1.13. The van der Waals surface area contributed by atoms with Crippen molar-refractivity contribution < 1.29 is 0 Å². The monoisotopic (exact) mass is 335 g/mol. The molecule has 0 radical (unpaired) electrons. The second-order valence-corrected chi connectivity index (χ2v) is 6.08. The van der Waals surface area contributed by atoms with Gasteiger partial charge in [-0.3, -0.25) is 4.68 Å². The molecule has 0 amide bonds. The SMILES string of the molecule is CCCNC(Cc1cc(C)nn1C)c1ccc(Br)cc1. The minimum Gasteiger partial charge on any atom is -0.310 e. The van der Waals surface area contributed by atoms with Crippen LogP contribution in [0.4, 0.5) is 0 Å². The van der Waals surface area contributed by atoms with Crippen molar-refractivity contribution in [2.24, 2.45) is 7.05 Å². The second kappa shape index (κ2) is 7.04. The van der Waals surface area contributed by atoms with Gasteiger partial charge in [0.1, 0.15) is 0 Å². The smallest absolute Gasteiger partial charge is 0.0596 e. The third-order valence-corrected chi connectivity index (χ3v) is 3.95. The maximum absolute atomic E-state index is 4.43. The molecule has 1 unspecified atom stereocenters. The van der Waals surface area contributed by atoms with Crippen molar-refractivity contribution in [3.8, 4) is 0 Å². The zero-order chi connectivity index (χ0) is 14.5. The summed E-state index contributed by atoms with van der Waals surface area (Å²) in [4.78, 5) is 0. The molecule has 1 aromatic heterocycles. The number of nitrogens with zero attached hydrogens (tertiary/aromatic N) is 2. The molecule has 3 nitrogen and oxygen atoms in total. The normalized spacial score (nSPS) is 12.6. The number of aromatic nitrogens is 2. The lowest BCUT2D eigenvalue weighted by Gasteiger charge is -2.19. The summed E-state index contributed by atoms with van der Waals surface area (Å²) in [5.74, 6) is 0. The average Bonchev–Trinajstić information content (AvgIpc) is 2.74. The molecule has 0 aliphatic heterocycles. The Balaban J connectivity index is 2.18. The summed E-state index contributed by atoms with van der Waals surface area (Å²) in [6.07, 6.45) is 2.09. The van der Waals surface area contributed by atoms with E-state index in [9.17, 15) is 0 Å². The largest absolute Gasteiger partial charge is 0.310 e. The molecule has 1 N–H and O–H groups in total. The fourth-order valence-corrected chi connectivity index (χ4v) is 2.65. The van der Waals surface area contributed by atoms with E-state index < -0.39 is 0 Å². The molecule has 0 aliphatic rings. The molecule has 2 rings (SSSR count). The van der Waals surface area contributed by atoms with E-state index in [0.717, 1.165) is 29.6 Å². The first-order valence-corrected chi connectivity index (χ1v) is 7.87. The Morgan fingerprint density at radius 2 is 2.00 bits per heavy atom. The minimum absolute atomic E-state index is 0.331. The van der Waals surface area contributed by atoms with Gasteiger partial charge >= 0.3 is 0 Å². The number of hydrogen-bond donors (Lipinski definition) is 1. The van der Waals surface area contributed by atoms with Gasteiger partial charge in [0.2, 0.25) is 0 Å². The van der Waals surface area contributed by atoms with Crippen LogP contribution in [0.2, 0.25) is 0 Å². The van der Waals surface area contributed by atoms with Crippen LogP contribution >= 0.6 is 15.9 Å². The summed E-state index contributed by atoms with van der Waals surface area (Å²) in [6.45, 7) is 5.26. The zero-order valence-electron chi connectivity index (χ0n) is 12.4. The molecule has 1 aromatic carbocycles. The molecule has 4 heteroatoms. The zero-order valence-corrected chi connectivity index (χ0v) is 13.9. The molecular formula is C16H22BrN3. The summed E-state index contributed by atoms with van der Waals surface area (Å²) in [5, 5.41) is 8.07. The maximum Gasteiger partial charge on any atom is 0.0596 e. The Kier molecular flexibility index (Phi) is 5.38. The van der Waals surface area contributed by atoms with Crippen LogP contribution < -0.4 is 5.32 Å². The van der Waals surface area contributed by atoms with Gasteiger partial charge in [-0.2, -0.15) is 5.10 Å². The maximum atomic E-state index is 4.43. The van der Waals surface area contributed by atoms with Crippen LogP contribution in [0.1, 0.15) is 36.3 Å². The van der Waals surface area contributed by atoms with E-state index in [1.54, 1.807) is 0 Å². The highest BCUT2D eigenvalue weighted by atomic mass is 79.9. The first kappa shape index (κ1) is 15.3. The van der Waals surface area contributed by atoms with Crippen LogP contribution in [-0.2, 0) is 13.5 Å². The van der Waals surface area contributed by atoms with Gasteiger partial charge in [0, 0.05) is 29.7 Å². The fraction of sp³-hybridized carbons (Fsp3) is 0.438. The van der Waals surface area contributed by atoms with Gasteiger partial charge in [-0.1, -0.05) is 35.0 Å². The Morgan fingerprint density at radius 3 is 2.55 bits per heavy atom. The van der Waals surface area contributed by atoms with Gasteiger partial charge in [-0.15, -0.1) is 0 Å². The Bertz CT molecular complexity index is 545. The molecule has 0 spiro atoms. The molecule has 0 saturated heterocycles. The van der Waals surface area contributed by atoms with E-state index in [2.05, 4.69) is 63.6 Å². The summed E-state index contributed by atoms with van der Waals surface area (Å²) >= 11 is 3.49. The molecule has 108 valence electrons. The number of rotatable bonds is 6. The highest BCUT2D eigenvalue weighted by molar-refractivity contribution is 9.10. The van der Waals surface area contributed by atoms with Crippen LogP contribution in [0.25, 0.3) is 0 Å². The van der Waals surface area contributed by atoms with E-state index in [1.807, 2.05) is 18.7 Å². The van der Waals surface area contributed by atoms with E-state index in [1.165, 1.54) is 11.3 Å². The van der Waals surface area contributed by atoms with Crippen LogP contribution in [0.3, 0.4) is 0 Å². The van der Waals surface area contributed by atoms with Crippen molar-refractivity contribution in [2.75, 3.05) is 6.54 Å². The molecule has 0 saturated carbocycles. The van der Waals surface area contributed by atoms with E-state index in [4.69, 9.17) is 0 Å². The topological polar surface area (TPSA) is 29.9 Å². The van der Waals surface area contributed by atoms with Crippen molar-refractivity contribution in [3.63, 3.8) is 0 Å². The molecule has 0 fully saturated rings. The van der Waals surface area contributed by atoms with E-state index in [0.29, 0.717) is 6.04 Å². The Labute approximate surface area is 129 Å². The number of halogens is 1. The first-order valence-electron chi connectivity index (χ1n) is 7.08. The highest BCUT2D eigenvalue weighted by Gasteiger charge is 2.14. The lowest BCUT2D eigenvalue weighted by molar-refractivity contribution is 0.512. The number of aryl methyl sites for hydroxylation is 2. The van der Waals surface area contributed by atoms with Crippen LogP contribution in [0.5, 0.6) is 0 Å². The molecular weight excluding hydrogens is 314 g/mol. The van der Waals surface area contributed by atoms with Gasteiger partial charge in [0.25, 0.3) is 0 Å². The fourth-order valence-electron chi connectivity index (χ4n) is 2.39. The van der Waals surface area contributed by atoms with Crippen LogP contribution in [-0.4, -0.2) is 16.3 Å². The van der Waals surface area contributed by atoms with Crippen molar-refractivity contribution >= 4 is 15.9 Å². The molecule has 0 aliphatic carbocycles. The standard InChI is InChI=1S/C16H22BrN3/c1-4-9-18-16(13-5-7-14(17)8-6-13)11-15-10-12(2)19-20(15)3/h5-8,10,16,18H,4,9,11H2,1-3H3. The number of nitrogens with one attached hydrogen (secondary N) is 1. The third kappa shape index (κ3) is 3.93. The number of hydrogen-bond acceptors (Lipinski definition) is 2. The summed E-state index contributed by atoms with van der Waals surface area (Å²) in [6, 6.07) is 11.1. The van der Waals surface area contributed by atoms with Gasteiger partial charge in [-0.05, 0) is 43.7 Å². The quantitative estimate of drug-likeness (QED) is 0.870. The van der Waals surface area contributed by atoms with Crippen molar-refractivity contribution in [3.05, 3.63) is 51.8 Å². The minimum atomic E-state index is 0.331. The molecule has 1 atom stereocenters. The van der Waals surface area contributed by atoms with Crippen LogP contribution in [0, 0.1) is 6.92 Å². The average molecular weight is 336 g/mol. The Morgan fingerprint density at radius 1 is 1.30 bits per heavy atom. The second-order valence-electron chi connectivity index (χ2n) is 5.16. The first-order chi connectivity index (χ1) is 9.60. The van der Waals surface area contributed by atoms with Crippen molar-refractivity contribution in [1.82, 2.24) is 15.1 Å². The molecule has 0 bridgehead atoms. The third-order valence-electron chi connectivity index (χ3n) is 3.43. The summed E-state index contributed by atoms with van der Waals surface area (Å²) in [5.41, 5.74) is 3.66. The number of benzene rings is 1. The highest BCUT2D eigenvalue weighted by Crippen LogP contribution is 2.21. The lowest BCUT2D eigenvalue weighted by atomic mass is 10.0.